The lowest BCUT2D eigenvalue weighted by atomic mass is 9.96. The molecular weight excluding hydrogens is 322 g/mol. The van der Waals surface area contributed by atoms with Crippen molar-refractivity contribution in [1.82, 2.24) is 9.99 Å². The molecule has 0 fully saturated rings. The van der Waals surface area contributed by atoms with Crippen LogP contribution >= 0.6 is 0 Å². The third kappa shape index (κ3) is 2.46. The number of hydrogen-bond donors (Lipinski definition) is 0. The van der Waals surface area contributed by atoms with Gasteiger partial charge in [-0.1, -0.05) is 54.1 Å². The Bertz CT molecular complexity index is 966. The first-order valence-electron chi connectivity index (χ1n) is 8.88. The van der Waals surface area contributed by atoms with Crippen LogP contribution in [0.25, 0.3) is 0 Å². The summed E-state index contributed by atoms with van der Waals surface area (Å²) in [6, 6.07) is 21.0. The molecule has 4 heteroatoms. The lowest BCUT2D eigenvalue weighted by Crippen LogP contribution is -2.33. The molecule has 0 radical (unpaired) electrons. The van der Waals surface area contributed by atoms with E-state index >= 15 is 0 Å². The van der Waals surface area contributed by atoms with Gasteiger partial charge in [-0.25, -0.2) is 5.01 Å². The third-order valence-corrected chi connectivity index (χ3v) is 5.06. The lowest BCUT2D eigenvalue weighted by Gasteiger charge is -2.38. The van der Waals surface area contributed by atoms with Crippen LogP contribution in [0.3, 0.4) is 0 Å². The lowest BCUT2D eigenvalue weighted by molar-refractivity contribution is -0.0190. The Hall–Kier alpha value is -3.14. The molecule has 2 aromatic carbocycles. The summed E-state index contributed by atoms with van der Waals surface area (Å²) >= 11 is 0. The van der Waals surface area contributed by atoms with Crippen LogP contribution < -0.4 is 4.74 Å². The highest BCUT2D eigenvalue weighted by molar-refractivity contribution is 6.01. The van der Waals surface area contributed by atoms with Gasteiger partial charge < -0.3 is 4.74 Å². The number of pyridine rings is 1. The number of para-hydroxylation sites is 1. The van der Waals surface area contributed by atoms with Gasteiger partial charge in [0.25, 0.3) is 0 Å². The highest BCUT2D eigenvalue weighted by atomic mass is 16.5. The Balaban J connectivity index is 1.60. The van der Waals surface area contributed by atoms with Gasteiger partial charge in [0.2, 0.25) is 6.23 Å². The Kier molecular flexibility index (Phi) is 3.49. The number of hydrazone groups is 1. The molecule has 4 nitrogen and oxygen atoms in total. The van der Waals surface area contributed by atoms with Crippen molar-refractivity contribution in [3.8, 4) is 5.75 Å². The van der Waals surface area contributed by atoms with Crippen molar-refractivity contribution in [3.05, 3.63) is 95.3 Å². The van der Waals surface area contributed by atoms with Crippen molar-refractivity contribution in [3.63, 3.8) is 0 Å². The van der Waals surface area contributed by atoms with Gasteiger partial charge in [-0.05, 0) is 19.1 Å². The molecule has 2 atom stereocenters. The Morgan fingerprint density at radius 3 is 2.65 bits per heavy atom. The van der Waals surface area contributed by atoms with Gasteiger partial charge in [0.1, 0.15) is 5.75 Å². The monoisotopic (exact) mass is 341 g/mol. The zero-order chi connectivity index (χ0) is 17.5. The summed E-state index contributed by atoms with van der Waals surface area (Å²) in [4.78, 5) is 4.25. The van der Waals surface area contributed by atoms with Gasteiger partial charge in [0, 0.05) is 35.5 Å². The molecular formula is C22H19N3O. The van der Waals surface area contributed by atoms with Crippen molar-refractivity contribution in [2.24, 2.45) is 5.10 Å². The molecule has 5 rings (SSSR count). The van der Waals surface area contributed by atoms with E-state index in [4.69, 9.17) is 9.84 Å². The van der Waals surface area contributed by atoms with Crippen molar-refractivity contribution < 1.29 is 4.74 Å². The summed E-state index contributed by atoms with van der Waals surface area (Å²) < 4.78 is 6.36. The Labute approximate surface area is 152 Å². The zero-order valence-corrected chi connectivity index (χ0v) is 14.5. The molecule has 128 valence electrons. The van der Waals surface area contributed by atoms with Crippen molar-refractivity contribution in [2.45, 2.75) is 25.6 Å². The second kappa shape index (κ2) is 5.99. The summed E-state index contributed by atoms with van der Waals surface area (Å²) in [7, 11) is 0. The van der Waals surface area contributed by atoms with Crippen LogP contribution in [0.4, 0.5) is 0 Å². The molecule has 2 aliphatic heterocycles. The molecule has 1 aromatic heterocycles. The van der Waals surface area contributed by atoms with Crippen LogP contribution in [-0.2, 0) is 0 Å². The molecule has 0 saturated carbocycles. The molecule has 0 amide bonds. The minimum atomic E-state index is -0.218. The fourth-order valence-corrected chi connectivity index (χ4v) is 3.69. The number of rotatable bonds is 2. The van der Waals surface area contributed by atoms with Crippen molar-refractivity contribution >= 4 is 5.71 Å². The molecule has 2 aliphatic rings. The number of benzene rings is 2. The first-order chi connectivity index (χ1) is 12.8. The maximum Gasteiger partial charge on any atom is 0.213 e. The summed E-state index contributed by atoms with van der Waals surface area (Å²) in [5, 5.41) is 7.05. The summed E-state index contributed by atoms with van der Waals surface area (Å²) in [5.41, 5.74) is 5.68. The molecule has 0 N–H and O–H groups in total. The number of nitrogens with zero attached hydrogens (tertiary/aromatic N) is 3. The second-order valence-corrected chi connectivity index (χ2v) is 6.81. The smallest absolute Gasteiger partial charge is 0.213 e. The number of aryl methyl sites for hydroxylation is 1. The maximum absolute atomic E-state index is 6.36. The van der Waals surface area contributed by atoms with E-state index in [1.807, 2.05) is 18.3 Å². The van der Waals surface area contributed by atoms with E-state index < -0.39 is 0 Å². The standard InChI is InChI=1S/C22H19N3O/c1-15-8-10-16(11-9-15)22-25-20(18-6-2-3-7-21(18)26-22)13-19(24-25)17-5-4-12-23-14-17/h2-12,14,20,22H,13H2,1H3/t20-,22+/m0/s1. The van der Waals surface area contributed by atoms with Gasteiger partial charge in [0.05, 0.1) is 11.8 Å². The molecule has 0 spiro atoms. The first kappa shape index (κ1) is 15.1. The summed E-state index contributed by atoms with van der Waals surface area (Å²) in [6.45, 7) is 2.10. The van der Waals surface area contributed by atoms with Gasteiger partial charge in [-0.15, -0.1) is 0 Å². The van der Waals surface area contributed by atoms with E-state index in [-0.39, 0.29) is 12.3 Å². The van der Waals surface area contributed by atoms with Crippen LogP contribution in [-0.4, -0.2) is 15.7 Å². The van der Waals surface area contributed by atoms with Crippen LogP contribution in [0, 0.1) is 6.92 Å². The fourth-order valence-electron chi connectivity index (χ4n) is 3.69. The third-order valence-electron chi connectivity index (χ3n) is 5.06. The van der Waals surface area contributed by atoms with Gasteiger partial charge in [-0.3, -0.25) is 4.98 Å². The van der Waals surface area contributed by atoms with Crippen LogP contribution in [0.2, 0.25) is 0 Å². The van der Waals surface area contributed by atoms with Gasteiger partial charge >= 0.3 is 0 Å². The molecule has 26 heavy (non-hydrogen) atoms. The Morgan fingerprint density at radius 2 is 1.85 bits per heavy atom. The average molecular weight is 341 g/mol. The topological polar surface area (TPSA) is 37.7 Å². The van der Waals surface area contributed by atoms with Crippen LogP contribution in [0.15, 0.2) is 78.2 Å². The first-order valence-corrected chi connectivity index (χ1v) is 8.88. The number of ether oxygens (including phenoxy) is 1. The molecule has 3 aromatic rings. The van der Waals surface area contributed by atoms with E-state index in [1.54, 1.807) is 6.20 Å². The van der Waals surface area contributed by atoms with Gasteiger partial charge in [-0.2, -0.15) is 5.10 Å². The van der Waals surface area contributed by atoms with E-state index in [2.05, 4.69) is 65.4 Å². The molecule has 0 aliphatic carbocycles. The quantitative estimate of drug-likeness (QED) is 0.682. The normalized spacial score (nSPS) is 20.8. The van der Waals surface area contributed by atoms with E-state index in [9.17, 15) is 0 Å². The minimum absolute atomic E-state index is 0.182. The maximum atomic E-state index is 6.36. The number of hydrogen-bond acceptors (Lipinski definition) is 4. The Morgan fingerprint density at radius 1 is 1.00 bits per heavy atom. The minimum Gasteiger partial charge on any atom is -0.464 e. The highest BCUT2D eigenvalue weighted by Crippen LogP contribution is 2.47. The second-order valence-electron chi connectivity index (χ2n) is 6.81. The molecule has 0 bridgehead atoms. The van der Waals surface area contributed by atoms with Crippen LogP contribution in [0.1, 0.15) is 40.9 Å². The zero-order valence-electron chi connectivity index (χ0n) is 14.5. The van der Waals surface area contributed by atoms with Crippen molar-refractivity contribution in [1.29, 1.82) is 0 Å². The number of aromatic nitrogens is 1. The summed E-state index contributed by atoms with van der Waals surface area (Å²) in [5.74, 6) is 0.946. The predicted octanol–water partition coefficient (Wildman–Crippen LogP) is 4.63. The summed E-state index contributed by atoms with van der Waals surface area (Å²) in [6.07, 6.45) is 4.31. The SMILES string of the molecule is Cc1ccc([C@H]2Oc3ccccc3[C@@H]3CC(c4cccnc4)=NN23)cc1. The average Bonchev–Trinajstić information content (AvgIpc) is 3.14. The van der Waals surface area contributed by atoms with E-state index in [0.717, 1.165) is 29.0 Å². The number of fused-ring (bicyclic) bond motifs is 3. The van der Waals surface area contributed by atoms with Crippen molar-refractivity contribution in [2.75, 3.05) is 0 Å². The fraction of sp³-hybridized carbons (Fsp3) is 0.182. The largest absolute Gasteiger partial charge is 0.464 e. The van der Waals surface area contributed by atoms with Crippen LogP contribution in [0.5, 0.6) is 5.75 Å². The van der Waals surface area contributed by atoms with E-state index in [0.29, 0.717) is 0 Å². The van der Waals surface area contributed by atoms with E-state index in [1.165, 1.54) is 11.1 Å². The highest BCUT2D eigenvalue weighted by Gasteiger charge is 2.40. The van der Waals surface area contributed by atoms with Gasteiger partial charge in [0.15, 0.2) is 0 Å². The molecule has 0 unspecified atom stereocenters. The molecule has 3 heterocycles. The predicted molar refractivity (Wildman–Crippen MR) is 101 cm³/mol. The molecule has 0 saturated heterocycles.